The number of fused-ring (bicyclic) bond motifs is 1. The van der Waals surface area contributed by atoms with Crippen LogP contribution >= 0.6 is 11.6 Å². The van der Waals surface area contributed by atoms with E-state index >= 15 is 0 Å². The summed E-state index contributed by atoms with van der Waals surface area (Å²) >= 11 is 6.25. The molecule has 25 heavy (non-hydrogen) atoms. The minimum absolute atomic E-state index is 0.0734. The van der Waals surface area contributed by atoms with Crippen LogP contribution in [-0.2, 0) is 6.42 Å². The maximum Gasteiger partial charge on any atom is 0.254 e. The average Bonchev–Trinajstić information content (AvgIpc) is 2.65. The Morgan fingerprint density at radius 2 is 1.96 bits per heavy atom. The number of carbonyl (C=O) groups excluding carboxylic acids is 1. The van der Waals surface area contributed by atoms with E-state index in [1.54, 1.807) is 17.0 Å². The van der Waals surface area contributed by atoms with Crippen molar-refractivity contribution in [3.05, 3.63) is 58.1 Å². The van der Waals surface area contributed by atoms with Gasteiger partial charge >= 0.3 is 0 Å². The summed E-state index contributed by atoms with van der Waals surface area (Å²) in [6, 6.07) is 11.7. The van der Waals surface area contributed by atoms with Crippen molar-refractivity contribution in [2.24, 2.45) is 0 Å². The van der Waals surface area contributed by atoms with Gasteiger partial charge in [-0.05, 0) is 42.5 Å². The fourth-order valence-corrected chi connectivity index (χ4v) is 3.81. The van der Waals surface area contributed by atoms with Crippen molar-refractivity contribution in [1.29, 1.82) is 0 Å². The molecule has 1 aliphatic rings. The smallest absolute Gasteiger partial charge is 0.254 e. The van der Waals surface area contributed by atoms with Crippen LogP contribution in [0.1, 0.15) is 40.4 Å². The molecule has 0 heterocycles. The van der Waals surface area contributed by atoms with Crippen LogP contribution in [-0.4, -0.2) is 32.1 Å². The molecule has 0 aliphatic heterocycles. The second-order valence-electron chi connectivity index (χ2n) is 6.22. The van der Waals surface area contributed by atoms with Crippen molar-refractivity contribution in [2.45, 2.75) is 25.3 Å². The van der Waals surface area contributed by atoms with Gasteiger partial charge in [-0.3, -0.25) is 4.79 Å². The fourth-order valence-electron chi connectivity index (χ4n) is 3.52. The highest BCUT2D eigenvalue weighted by molar-refractivity contribution is 6.32. The first-order chi connectivity index (χ1) is 12.1. The number of hydrogen-bond acceptors (Lipinski definition) is 3. The molecular formula is C20H22ClNO3. The molecule has 4 nitrogen and oxygen atoms in total. The van der Waals surface area contributed by atoms with Gasteiger partial charge in [-0.2, -0.15) is 0 Å². The zero-order valence-corrected chi connectivity index (χ0v) is 15.5. The third-order valence-corrected chi connectivity index (χ3v) is 5.09. The Morgan fingerprint density at radius 1 is 1.20 bits per heavy atom. The summed E-state index contributed by atoms with van der Waals surface area (Å²) in [5.41, 5.74) is 3.05. The van der Waals surface area contributed by atoms with Crippen LogP contribution in [0.3, 0.4) is 0 Å². The van der Waals surface area contributed by atoms with Crippen LogP contribution in [0, 0.1) is 0 Å². The van der Waals surface area contributed by atoms with Crippen molar-refractivity contribution < 1.29 is 14.3 Å². The maximum absolute atomic E-state index is 13.0. The monoisotopic (exact) mass is 359 g/mol. The third kappa shape index (κ3) is 3.31. The van der Waals surface area contributed by atoms with E-state index in [1.165, 1.54) is 25.3 Å². The lowest BCUT2D eigenvalue weighted by Crippen LogP contribution is -2.33. The van der Waals surface area contributed by atoms with Crippen molar-refractivity contribution in [1.82, 2.24) is 4.90 Å². The molecule has 2 aromatic rings. The van der Waals surface area contributed by atoms with Crippen LogP contribution in [0.5, 0.6) is 11.5 Å². The molecule has 0 spiro atoms. The van der Waals surface area contributed by atoms with Gasteiger partial charge < -0.3 is 14.4 Å². The maximum atomic E-state index is 13.0. The quantitative estimate of drug-likeness (QED) is 0.806. The highest BCUT2D eigenvalue weighted by Gasteiger charge is 2.28. The van der Waals surface area contributed by atoms with E-state index in [0.29, 0.717) is 22.1 Å². The van der Waals surface area contributed by atoms with Gasteiger partial charge in [0.05, 0.1) is 25.3 Å². The molecule has 0 saturated carbocycles. The third-order valence-electron chi connectivity index (χ3n) is 4.81. The summed E-state index contributed by atoms with van der Waals surface area (Å²) in [6.07, 6.45) is 3.10. The van der Waals surface area contributed by atoms with Gasteiger partial charge in [0.25, 0.3) is 5.91 Å². The molecule has 1 amide bonds. The average molecular weight is 360 g/mol. The van der Waals surface area contributed by atoms with Gasteiger partial charge in [0.15, 0.2) is 11.5 Å². The lowest BCUT2D eigenvalue weighted by Gasteiger charge is -2.33. The van der Waals surface area contributed by atoms with Gasteiger partial charge in [-0.1, -0.05) is 35.9 Å². The summed E-state index contributed by atoms with van der Waals surface area (Å²) in [6.45, 7) is 0. The van der Waals surface area contributed by atoms with E-state index in [1.807, 2.05) is 13.1 Å². The molecule has 0 saturated heterocycles. The van der Waals surface area contributed by atoms with Crippen LogP contribution in [0.4, 0.5) is 0 Å². The van der Waals surface area contributed by atoms with Gasteiger partial charge in [-0.25, -0.2) is 0 Å². The van der Waals surface area contributed by atoms with Crippen molar-refractivity contribution in [2.75, 3.05) is 21.3 Å². The largest absolute Gasteiger partial charge is 0.493 e. The lowest BCUT2D eigenvalue weighted by atomic mass is 9.87. The van der Waals surface area contributed by atoms with Crippen molar-refractivity contribution >= 4 is 17.5 Å². The number of halogens is 1. The van der Waals surface area contributed by atoms with Crippen LogP contribution in [0.2, 0.25) is 5.02 Å². The zero-order chi connectivity index (χ0) is 18.0. The Bertz CT molecular complexity index is 791. The number of benzene rings is 2. The number of amides is 1. The summed E-state index contributed by atoms with van der Waals surface area (Å²) in [7, 11) is 4.90. The molecular weight excluding hydrogens is 338 g/mol. The van der Waals surface area contributed by atoms with Gasteiger partial charge in [0, 0.05) is 12.6 Å². The van der Waals surface area contributed by atoms with E-state index in [0.717, 1.165) is 19.3 Å². The highest BCUT2D eigenvalue weighted by atomic mass is 35.5. The number of ether oxygens (including phenoxy) is 2. The van der Waals surface area contributed by atoms with E-state index in [9.17, 15) is 4.79 Å². The minimum atomic E-state index is -0.0791. The Balaban J connectivity index is 1.93. The Hall–Kier alpha value is -2.20. The van der Waals surface area contributed by atoms with Gasteiger partial charge in [0.1, 0.15) is 0 Å². The summed E-state index contributed by atoms with van der Waals surface area (Å²) in [5.74, 6) is 0.812. The second-order valence-corrected chi connectivity index (χ2v) is 6.62. The molecule has 0 N–H and O–H groups in total. The van der Waals surface area contributed by atoms with E-state index in [4.69, 9.17) is 21.1 Å². The summed E-state index contributed by atoms with van der Waals surface area (Å²) in [5, 5.41) is 0.364. The number of hydrogen-bond donors (Lipinski definition) is 0. The number of methoxy groups -OCH3 is 2. The minimum Gasteiger partial charge on any atom is -0.493 e. The predicted molar refractivity (Wildman–Crippen MR) is 98.8 cm³/mol. The van der Waals surface area contributed by atoms with Gasteiger partial charge in [-0.15, -0.1) is 0 Å². The lowest BCUT2D eigenvalue weighted by molar-refractivity contribution is 0.0714. The Labute approximate surface area is 153 Å². The first-order valence-electron chi connectivity index (χ1n) is 8.33. The first kappa shape index (κ1) is 17.6. The molecule has 0 aromatic heterocycles. The SMILES string of the molecule is COc1cc(C(=O)N(C)[C@@H]2CCCc3ccccc32)cc(Cl)c1OC. The number of nitrogens with zero attached hydrogens (tertiary/aromatic N) is 1. The van der Waals surface area contributed by atoms with Crippen molar-refractivity contribution in [3.63, 3.8) is 0 Å². The predicted octanol–water partition coefficient (Wildman–Crippen LogP) is 4.51. The zero-order valence-electron chi connectivity index (χ0n) is 14.7. The number of carbonyl (C=O) groups is 1. The standard InChI is InChI=1S/C20H22ClNO3/c1-22(17-10-6-8-13-7-4-5-9-15(13)17)20(23)14-11-16(21)19(25-3)18(12-14)24-2/h4-5,7,9,11-12,17H,6,8,10H2,1-3H3/t17-/m1/s1. The second kappa shape index (κ2) is 7.36. The summed E-state index contributed by atoms with van der Waals surface area (Å²) < 4.78 is 10.6. The normalized spacial score (nSPS) is 16.1. The van der Waals surface area contributed by atoms with Crippen molar-refractivity contribution in [3.8, 4) is 11.5 Å². The molecule has 0 unspecified atom stereocenters. The van der Waals surface area contributed by atoms with Crippen LogP contribution < -0.4 is 9.47 Å². The van der Waals surface area contributed by atoms with Gasteiger partial charge in [0.2, 0.25) is 0 Å². The molecule has 0 radical (unpaired) electrons. The number of rotatable bonds is 4. The molecule has 0 bridgehead atoms. The molecule has 5 heteroatoms. The van der Waals surface area contributed by atoms with E-state index in [2.05, 4.69) is 18.2 Å². The van der Waals surface area contributed by atoms with Crippen LogP contribution in [0.25, 0.3) is 0 Å². The molecule has 1 atom stereocenters. The summed E-state index contributed by atoms with van der Waals surface area (Å²) in [4.78, 5) is 14.8. The van der Waals surface area contributed by atoms with Crippen LogP contribution in [0.15, 0.2) is 36.4 Å². The van der Waals surface area contributed by atoms with E-state index < -0.39 is 0 Å². The Morgan fingerprint density at radius 3 is 2.68 bits per heavy atom. The highest BCUT2D eigenvalue weighted by Crippen LogP contribution is 2.38. The fraction of sp³-hybridized carbons (Fsp3) is 0.350. The van der Waals surface area contributed by atoms with E-state index in [-0.39, 0.29) is 11.9 Å². The first-order valence-corrected chi connectivity index (χ1v) is 8.71. The number of aryl methyl sites for hydroxylation is 1. The molecule has 3 rings (SSSR count). The molecule has 0 fully saturated rings. The Kier molecular flexibility index (Phi) is 5.19. The molecule has 1 aliphatic carbocycles. The molecule has 132 valence electrons. The topological polar surface area (TPSA) is 38.8 Å². The molecule has 2 aromatic carbocycles.